The summed E-state index contributed by atoms with van der Waals surface area (Å²) < 4.78 is 5.71. The standard InChI is InChI=1S/C22H23ClN2O/c1-15(2)26-21-10-6-17(7-11-21)12-19-14-24-16(3)25-22(19)13-18-4-8-20(23)9-5-18/h4-11,14-15H,12-13H2,1-3H3. The largest absolute Gasteiger partial charge is 0.491 e. The highest BCUT2D eigenvalue weighted by atomic mass is 35.5. The molecule has 0 aliphatic heterocycles. The molecule has 1 aromatic heterocycles. The maximum atomic E-state index is 5.99. The van der Waals surface area contributed by atoms with Crippen molar-refractivity contribution >= 4 is 11.6 Å². The maximum Gasteiger partial charge on any atom is 0.125 e. The molecule has 0 spiro atoms. The van der Waals surface area contributed by atoms with Crippen LogP contribution in [0.2, 0.25) is 5.02 Å². The van der Waals surface area contributed by atoms with Crippen molar-refractivity contribution < 1.29 is 4.74 Å². The molecule has 1 heterocycles. The summed E-state index contributed by atoms with van der Waals surface area (Å²) in [6, 6.07) is 16.2. The fourth-order valence-electron chi connectivity index (χ4n) is 2.82. The van der Waals surface area contributed by atoms with Crippen molar-refractivity contribution in [2.75, 3.05) is 0 Å². The average molecular weight is 367 g/mol. The Kier molecular flexibility index (Phi) is 5.89. The van der Waals surface area contributed by atoms with Gasteiger partial charge in [-0.25, -0.2) is 9.97 Å². The van der Waals surface area contributed by atoms with Gasteiger partial charge >= 0.3 is 0 Å². The van der Waals surface area contributed by atoms with Crippen LogP contribution < -0.4 is 4.74 Å². The van der Waals surface area contributed by atoms with Crippen LogP contribution in [0.3, 0.4) is 0 Å². The van der Waals surface area contributed by atoms with Gasteiger partial charge in [-0.2, -0.15) is 0 Å². The van der Waals surface area contributed by atoms with E-state index in [0.29, 0.717) is 0 Å². The number of ether oxygens (including phenoxy) is 1. The summed E-state index contributed by atoms with van der Waals surface area (Å²) >= 11 is 5.99. The average Bonchev–Trinajstić information content (AvgIpc) is 2.60. The third-order valence-electron chi connectivity index (χ3n) is 4.05. The second kappa shape index (κ2) is 8.33. The molecule has 0 aliphatic rings. The van der Waals surface area contributed by atoms with Gasteiger partial charge in [0.15, 0.2) is 0 Å². The summed E-state index contributed by atoms with van der Waals surface area (Å²) in [5.41, 5.74) is 4.60. The van der Waals surface area contributed by atoms with Crippen molar-refractivity contribution in [1.82, 2.24) is 9.97 Å². The van der Waals surface area contributed by atoms with Crippen molar-refractivity contribution in [3.63, 3.8) is 0 Å². The second-order valence-corrected chi connectivity index (χ2v) is 7.12. The first kappa shape index (κ1) is 18.4. The van der Waals surface area contributed by atoms with Crippen molar-refractivity contribution in [2.45, 2.75) is 39.7 Å². The Morgan fingerprint density at radius 1 is 0.923 bits per heavy atom. The van der Waals surface area contributed by atoms with Crippen molar-refractivity contribution in [1.29, 1.82) is 0 Å². The zero-order valence-electron chi connectivity index (χ0n) is 15.4. The van der Waals surface area contributed by atoms with Crippen LogP contribution in [0.25, 0.3) is 0 Å². The highest BCUT2D eigenvalue weighted by Gasteiger charge is 2.09. The van der Waals surface area contributed by atoms with E-state index in [1.54, 1.807) is 0 Å². The molecule has 3 aromatic rings. The lowest BCUT2D eigenvalue weighted by molar-refractivity contribution is 0.242. The minimum Gasteiger partial charge on any atom is -0.491 e. The van der Waals surface area contributed by atoms with E-state index >= 15 is 0 Å². The van der Waals surface area contributed by atoms with Crippen molar-refractivity contribution in [3.05, 3.63) is 88.0 Å². The second-order valence-electron chi connectivity index (χ2n) is 6.68. The number of hydrogen-bond donors (Lipinski definition) is 0. The lowest BCUT2D eigenvalue weighted by atomic mass is 10.0. The normalized spacial score (nSPS) is 11.0. The molecule has 0 saturated carbocycles. The number of halogens is 1. The third-order valence-corrected chi connectivity index (χ3v) is 4.30. The molecule has 4 heteroatoms. The van der Waals surface area contributed by atoms with Gasteiger partial charge in [-0.05, 0) is 61.7 Å². The van der Waals surface area contributed by atoms with Crippen LogP contribution in [0.4, 0.5) is 0 Å². The molecule has 0 atom stereocenters. The number of aryl methyl sites for hydroxylation is 1. The first-order valence-electron chi connectivity index (χ1n) is 8.81. The zero-order valence-corrected chi connectivity index (χ0v) is 16.1. The topological polar surface area (TPSA) is 35.0 Å². The van der Waals surface area contributed by atoms with Gasteiger partial charge in [0.25, 0.3) is 0 Å². The number of hydrogen-bond acceptors (Lipinski definition) is 3. The molecule has 26 heavy (non-hydrogen) atoms. The van der Waals surface area contributed by atoms with Crippen LogP contribution in [-0.2, 0) is 12.8 Å². The van der Waals surface area contributed by atoms with E-state index in [1.165, 1.54) is 11.1 Å². The Morgan fingerprint density at radius 3 is 2.19 bits per heavy atom. The molecular weight excluding hydrogens is 344 g/mol. The number of nitrogens with zero attached hydrogens (tertiary/aromatic N) is 2. The predicted molar refractivity (Wildman–Crippen MR) is 106 cm³/mol. The van der Waals surface area contributed by atoms with Gasteiger partial charge in [0.1, 0.15) is 11.6 Å². The molecule has 2 aromatic carbocycles. The quantitative estimate of drug-likeness (QED) is 0.585. The van der Waals surface area contributed by atoms with Crippen LogP contribution in [0.5, 0.6) is 5.75 Å². The van der Waals surface area contributed by atoms with E-state index < -0.39 is 0 Å². The fourth-order valence-corrected chi connectivity index (χ4v) is 2.94. The van der Waals surface area contributed by atoms with Gasteiger partial charge in [-0.1, -0.05) is 35.9 Å². The summed E-state index contributed by atoms with van der Waals surface area (Å²) in [7, 11) is 0. The molecule has 0 fully saturated rings. The van der Waals surface area contributed by atoms with Crippen molar-refractivity contribution in [3.8, 4) is 5.75 Å². The molecule has 0 bridgehead atoms. The maximum absolute atomic E-state index is 5.99. The SMILES string of the molecule is Cc1ncc(Cc2ccc(OC(C)C)cc2)c(Cc2ccc(Cl)cc2)n1. The van der Waals surface area contributed by atoms with Crippen LogP contribution >= 0.6 is 11.6 Å². The zero-order chi connectivity index (χ0) is 18.5. The van der Waals surface area contributed by atoms with Crippen molar-refractivity contribution in [2.24, 2.45) is 0 Å². The Hall–Kier alpha value is -2.39. The van der Waals surface area contributed by atoms with Gasteiger partial charge in [-0.3, -0.25) is 0 Å². The smallest absolute Gasteiger partial charge is 0.125 e. The van der Waals surface area contributed by atoms with E-state index in [4.69, 9.17) is 16.3 Å². The monoisotopic (exact) mass is 366 g/mol. The van der Waals surface area contributed by atoms with Gasteiger partial charge in [0.2, 0.25) is 0 Å². The molecule has 0 N–H and O–H groups in total. The summed E-state index contributed by atoms with van der Waals surface area (Å²) in [5, 5.41) is 0.747. The molecule has 3 nitrogen and oxygen atoms in total. The molecular formula is C22H23ClN2O. The summed E-state index contributed by atoms with van der Waals surface area (Å²) in [6.07, 6.45) is 3.68. The van der Waals surface area contributed by atoms with Crippen LogP contribution in [0, 0.1) is 6.92 Å². The minimum atomic E-state index is 0.178. The van der Waals surface area contributed by atoms with E-state index in [1.807, 2.05) is 63.4 Å². The lowest BCUT2D eigenvalue weighted by Gasteiger charge is -2.12. The van der Waals surface area contributed by atoms with E-state index in [9.17, 15) is 0 Å². The molecule has 0 aliphatic carbocycles. The van der Waals surface area contributed by atoms with E-state index in [-0.39, 0.29) is 6.10 Å². The summed E-state index contributed by atoms with van der Waals surface area (Å²) in [4.78, 5) is 9.07. The molecule has 0 saturated heterocycles. The van der Waals surface area contributed by atoms with E-state index in [2.05, 4.69) is 22.1 Å². The Balaban J connectivity index is 1.80. The fraction of sp³-hybridized carbons (Fsp3) is 0.273. The Morgan fingerprint density at radius 2 is 1.54 bits per heavy atom. The van der Waals surface area contributed by atoms with Crippen LogP contribution in [0.15, 0.2) is 54.7 Å². The highest BCUT2D eigenvalue weighted by Crippen LogP contribution is 2.20. The molecule has 0 radical (unpaired) electrons. The van der Waals surface area contributed by atoms with Gasteiger partial charge in [-0.15, -0.1) is 0 Å². The molecule has 3 rings (SSSR count). The molecule has 0 amide bonds. The first-order chi connectivity index (χ1) is 12.5. The third kappa shape index (κ3) is 5.06. The lowest BCUT2D eigenvalue weighted by Crippen LogP contribution is -2.06. The first-order valence-corrected chi connectivity index (χ1v) is 9.19. The van der Waals surface area contributed by atoms with Crippen LogP contribution in [0.1, 0.15) is 42.1 Å². The van der Waals surface area contributed by atoms with Gasteiger partial charge in [0.05, 0.1) is 11.8 Å². The highest BCUT2D eigenvalue weighted by molar-refractivity contribution is 6.30. The van der Waals surface area contributed by atoms with E-state index in [0.717, 1.165) is 40.7 Å². The molecule has 0 unspecified atom stereocenters. The van der Waals surface area contributed by atoms with Gasteiger partial charge in [0, 0.05) is 24.1 Å². The number of rotatable bonds is 6. The van der Waals surface area contributed by atoms with Gasteiger partial charge < -0.3 is 4.74 Å². The summed E-state index contributed by atoms with van der Waals surface area (Å²) in [5.74, 6) is 1.68. The Labute approximate surface area is 160 Å². The minimum absolute atomic E-state index is 0.178. The number of benzene rings is 2. The predicted octanol–water partition coefficient (Wildman–Crippen LogP) is 5.41. The number of aromatic nitrogens is 2. The molecule has 134 valence electrons. The Bertz CT molecular complexity index is 858. The van der Waals surface area contributed by atoms with Crippen LogP contribution in [-0.4, -0.2) is 16.1 Å². The summed E-state index contributed by atoms with van der Waals surface area (Å²) in [6.45, 7) is 5.98.